The normalized spacial score (nSPS) is 26.7. The zero-order valence-corrected chi connectivity index (χ0v) is 14.1. The number of carbonyl (C=O) groups is 1. The summed E-state index contributed by atoms with van der Waals surface area (Å²) in [5, 5.41) is 0. The van der Waals surface area contributed by atoms with E-state index in [2.05, 4.69) is 20.8 Å². The van der Waals surface area contributed by atoms with E-state index in [4.69, 9.17) is 9.47 Å². The van der Waals surface area contributed by atoms with Crippen molar-refractivity contribution < 1.29 is 14.3 Å². The van der Waals surface area contributed by atoms with E-state index in [0.29, 0.717) is 17.8 Å². The number of esters is 1. The topological polar surface area (TPSA) is 35.5 Å². The Kier molecular flexibility index (Phi) is 6.01. The van der Waals surface area contributed by atoms with Gasteiger partial charge < -0.3 is 9.47 Å². The van der Waals surface area contributed by atoms with Crippen molar-refractivity contribution in [3.05, 3.63) is 35.9 Å². The highest BCUT2D eigenvalue weighted by Crippen LogP contribution is 2.36. The molecule has 0 radical (unpaired) electrons. The summed E-state index contributed by atoms with van der Waals surface area (Å²) in [6, 6.07) is 9.55. The van der Waals surface area contributed by atoms with Gasteiger partial charge in [-0.2, -0.15) is 0 Å². The van der Waals surface area contributed by atoms with Crippen LogP contribution in [0.5, 0.6) is 0 Å². The van der Waals surface area contributed by atoms with E-state index >= 15 is 0 Å². The van der Waals surface area contributed by atoms with Crippen molar-refractivity contribution in [1.82, 2.24) is 0 Å². The third-order valence-corrected chi connectivity index (χ3v) is 4.78. The van der Waals surface area contributed by atoms with Crippen LogP contribution in [0.2, 0.25) is 0 Å². The van der Waals surface area contributed by atoms with Crippen molar-refractivity contribution in [2.45, 2.75) is 52.2 Å². The van der Waals surface area contributed by atoms with Gasteiger partial charge in [0.2, 0.25) is 0 Å². The van der Waals surface area contributed by atoms with Crippen LogP contribution in [0.4, 0.5) is 0 Å². The van der Waals surface area contributed by atoms with Crippen LogP contribution in [0.3, 0.4) is 0 Å². The van der Waals surface area contributed by atoms with Gasteiger partial charge >= 0.3 is 5.97 Å². The minimum absolute atomic E-state index is 0.0117. The Morgan fingerprint density at radius 1 is 1.18 bits per heavy atom. The van der Waals surface area contributed by atoms with Gasteiger partial charge in [0.1, 0.15) is 6.10 Å². The first-order valence-corrected chi connectivity index (χ1v) is 8.31. The van der Waals surface area contributed by atoms with Crippen molar-refractivity contribution in [2.75, 3.05) is 7.11 Å². The average molecular weight is 304 g/mol. The van der Waals surface area contributed by atoms with Crippen molar-refractivity contribution in [1.29, 1.82) is 0 Å². The largest absolute Gasteiger partial charge is 0.460 e. The standard InChI is InChI=1S/C19H28O3/c1-13(2)16-11-10-14(3)12-17(16)22-19(20)18(21-4)15-8-6-5-7-9-15/h5-9,13-14,16-18H,10-12H2,1-4H3. The maximum atomic E-state index is 12.6. The summed E-state index contributed by atoms with van der Waals surface area (Å²) in [7, 11) is 1.56. The number of benzene rings is 1. The quantitative estimate of drug-likeness (QED) is 0.757. The molecule has 0 N–H and O–H groups in total. The Balaban J connectivity index is 2.08. The smallest absolute Gasteiger partial charge is 0.340 e. The lowest BCUT2D eigenvalue weighted by Crippen LogP contribution is -2.37. The minimum atomic E-state index is -0.633. The molecule has 0 aliphatic heterocycles. The summed E-state index contributed by atoms with van der Waals surface area (Å²) < 4.78 is 11.3. The molecule has 3 nitrogen and oxygen atoms in total. The molecule has 1 aliphatic rings. The number of hydrogen-bond donors (Lipinski definition) is 0. The van der Waals surface area contributed by atoms with Crippen LogP contribution in [0, 0.1) is 17.8 Å². The van der Waals surface area contributed by atoms with Gasteiger partial charge in [-0.15, -0.1) is 0 Å². The lowest BCUT2D eigenvalue weighted by Gasteiger charge is -2.37. The van der Waals surface area contributed by atoms with Gasteiger partial charge in [-0.25, -0.2) is 4.79 Å². The van der Waals surface area contributed by atoms with Crippen LogP contribution in [-0.4, -0.2) is 19.2 Å². The first kappa shape index (κ1) is 17.0. The van der Waals surface area contributed by atoms with Gasteiger partial charge in [0, 0.05) is 7.11 Å². The minimum Gasteiger partial charge on any atom is -0.460 e. The second-order valence-corrected chi connectivity index (χ2v) is 6.83. The molecule has 22 heavy (non-hydrogen) atoms. The average Bonchev–Trinajstić information content (AvgIpc) is 2.48. The fourth-order valence-corrected chi connectivity index (χ4v) is 3.46. The highest BCUT2D eigenvalue weighted by atomic mass is 16.6. The second kappa shape index (κ2) is 7.77. The van der Waals surface area contributed by atoms with Gasteiger partial charge in [0.05, 0.1) is 0 Å². The molecule has 1 fully saturated rings. The summed E-state index contributed by atoms with van der Waals surface area (Å²) in [5.41, 5.74) is 0.847. The monoisotopic (exact) mass is 304 g/mol. The number of hydrogen-bond acceptors (Lipinski definition) is 3. The molecule has 4 atom stereocenters. The van der Waals surface area contributed by atoms with Gasteiger partial charge in [-0.05, 0) is 36.2 Å². The first-order chi connectivity index (χ1) is 10.5. The molecule has 1 aromatic carbocycles. The molecule has 122 valence electrons. The Labute approximate surface area is 134 Å². The summed E-state index contributed by atoms with van der Waals surface area (Å²) in [6.07, 6.45) is 2.70. The van der Waals surface area contributed by atoms with E-state index in [9.17, 15) is 4.79 Å². The Morgan fingerprint density at radius 3 is 2.45 bits per heavy atom. The number of ether oxygens (including phenoxy) is 2. The molecule has 1 saturated carbocycles. The van der Waals surface area contributed by atoms with Crippen LogP contribution in [0.15, 0.2) is 30.3 Å². The van der Waals surface area contributed by atoms with E-state index in [-0.39, 0.29) is 12.1 Å². The van der Waals surface area contributed by atoms with Crippen LogP contribution in [0.25, 0.3) is 0 Å². The molecular weight excluding hydrogens is 276 g/mol. The maximum absolute atomic E-state index is 12.6. The zero-order chi connectivity index (χ0) is 16.1. The number of methoxy groups -OCH3 is 1. The molecule has 2 rings (SSSR count). The first-order valence-electron chi connectivity index (χ1n) is 8.31. The predicted molar refractivity (Wildman–Crippen MR) is 87.4 cm³/mol. The Hall–Kier alpha value is -1.35. The highest BCUT2D eigenvalue weighted by Gasteiger charge is 2.35. The summed E-state index contributed by atoms with van der Waals surface area (Å²) in [4.78, 5) is 12.6. The van der Waals surface area contributed by atoms with E-state index < -0.39 is 6.10 Å². The molecule has 3 heteroatoms. The summed E-state index contributed by atoms with van der Waals surface area (Å²) in [5.74, 6) is 1.33. The molecule has 1 aliphatic carbocycles. The molecule has 0 amide bonds. The summed E-state index contributed by atoms with van der Waals surface area (Å²) in [6.45, 7) is 6.67. The fourth-order valence-electron chi connectivity index (χ4n) is 3.46. The fraction of sp³-hybridized carbons (Fsp3) is 0.632. The van der Waals surface area contributed by atoms with Crippen molar-refractivity contribution in [3.8, 4) is 0 Å². The number of carbonyl (C=O) groups excluding carboxylic acids is 1. The predicted octanol–water partition coefficient (Wildman–Crippen LogP) is 4.38. The van der Waals surface area contributed by atoms with Gasteiger partial charge in [0.15, 0.2) is 6.10 Å². The highest BCUT2D eigenvalue weighted by molar-refractivity contribution is 5.76. The van der Waals surface area contributed by atoms with Gasteiger partial charge in [-0.3, -0.25) is 0 Å². The molecule has 0 spiro atoms. The molecule has 1 aromatic rings. The van der Waals surface area contributed by atoms with Crippen molar-refractivity contribution in [3.63, 3.8) is 0 Å². The second-order valence-electron chi connectivity index (χ2n) is 6.83. The molecule has 0 heterocycles. The third kappa shape index (κ3) is 4.10. The molecule has 0 aromatic heterocycles. The lowest BCUT2D eigenvalue weighted by atomic mass is 9.75. The van der Waals surface area contributed by atoms with E-state index in [1.54, 1.807) is 7.11 Å². The SMILES string of the molecule is COC(C(=O)OC1CC(C)CCC1C(C)C)c1ccccc1. The third-order valence-electron chi connectivity index (χ3n) is 4.78. The molecule has 0 bridgehead atoms. The van der Waals surface area contributed by atoms with Crippen LogP contribution in [-0.2, 0) is 14.3 Å². The lowest BCUT2D eigenvalue weighted by molar-refractivity contribution is -0.168. The molecule has 0 saturated heterocycles. The van der Waals surface area contributed by atoms with Crippen LogP contribution in [0.1, 0.15) is 51.7 Å². The Morgan fingerprint density at radius 2 is 1.86 bits per heavy atom. The Bertz CT molecular complexity index is 469. The molecule has 4 unspecified atom stereocenters. The van der Waals surface area contributed by atoms with Gasteiger partial charge in [-0.1, -0.05) is 57.5 Å². The molecular formula is C19H28O3. The summed E-state index contributed by atoms with van der Waals surface area (Å²) >= 11 is 0. The number of rotatable bonds is 5. The van der Waals surface area contributed by atoms with E-state index in [0.717, 1.165) is 18.4 Å². The van der Waals surface area contributed by atoms with Crippen LogP contribution >= 0.6 is 0 Å². The van der Waals surface area contributed by atoms with E-state index in [1.165, 1.54) is 6.42 Å². The van der Waals surface area contributed by atoms with Gasteiger partial charge in [0.25, 0.3) is 0 Å². The maximum Gasteiger partial charge on any atom is 0.340 e. The van der Waals surface area contributed by atoms with Crippen LogP contribution < -0.4 is 0 Å². The van der Waals surface area contributed by atoms with E-state index in [1.807, 2.05) is 30.3 Å². The van der Waals surface area contributed by atoms with Crippen molar-refractivity contribution in [2.24, 2.45) is 17.8 Å². The zero-order valence-electron chi connectivity index (χ0n) is 14.1. The van der Waals surface area contributed by atoms with Crippen molar-refractivity contribution >= 4 is 5.97 Å².